The van der Waals surface area contributed by atoms with Crippen LogP contribution in [0.1, 0.15) is 35.8 Å². The summed E-state index contributed by atoms with van der Waals surface area (Å²) in [5.41, 5.74) is 2.87. The van der Waals surface area contributed by atoms with Gasteiger partial charge in [-0.1, -0.05) is 24.3 Å². The minimum Gasteiger partial charge on any atom is -0.481 e. The Morgan fingerprint density at radius 2 is 1.18 bits per heavy atom. The summed E-state index contributed by atoms with van der Waals surface area (Å²) in [6.45, 7) is 2.51. The van der Waals surface area contributed by atoms with Crippen LogP contribution in [0, 0.1) is 11.8 Å². The number of hydrogen-bond donors (Lipinski definition) is 6. The first-order valence-corrected chi connectivity index (χ1v) is 11.6. The van der Waals surface area contributed by atoms with E-state index in [0.29, 0.717) is 50.4 Å². The summed E-state index contributed by atoms with van der Waals surface area (Å²) >= 11 is 0. The number of piperidine rings is 2. The molecule has 2 saturated heterocycles. The fourth-order valence-electron chi connectivity index (χ4n) is 5.00. The minimum absolute atomic E-state index is 0.168. The monoisotopic (exact) mass is 466 g/mol. The van der Waals surface area contributed by atoms with Crippen molar-refractivity contribution in [3.63, 3.8) is 0 Å². The maximum absolute atomic E-state index is 12.7. The Morgan fingerprint density at radius 3 is 1.59 bits per heavy atom. The molecule has 0 aliphatic carbocycles. The van der Waals surface area contributed by atoms with Crippen molar-refractivity contribution in [3.05, 3.63) is 59.7 Å². The van der Waals surface area contributed by atoms with Gasteiger partial charge in [0.05, 0.1) is 11.8 Å². The second-order valence-corrected chi connectivity index (χ2v) is 8.92. The van der Waals surface area contributed by atoms with Crippen molar-refractivity contribution in [2.75, 3.05) is 36.8 Å². The molecule has 0 spiro atoms. The lowest BCUT2D eigenvalue weighted by Gasteiger charge is -2.30. The number of rotatable bonds is 6. The number of carbonyl (C=O) groups excluding carboxylic acids is 1. The molecule has 34 heavy (non-hydrogen) atoms. The van der Waals surface area contributed by atoms with Gasteiger partial charge in [0, 0.05) is 36.3 Å². The van der Waals surface area contributed by atoms with E-state index in [1.807, 2.05) is 24.3 Å². The van der Waals surface area contributed by atoms with E-state index in [0.717, 1.165) is 11.1 Å². The van der Waals surface area contributed by atoms with E-state index in [9.17, 15) is 24.6 Å². The third-order valence-electron chi connectivity index (χ3n) is 6.74. The molecule has 0 aromatic heterocycles. The number of urea groups is 1. The van der Waals surface area contributed by atoms with Crippen molar-refractivity contribution in [1.29, 1.82) is 0 Å². The van der Waals surface area contributed by atoms with Crippen LogP contribution in [0.5, 0.6) is 0 Å². The van der Waals surface area contributed by atoms with Crippen LogP contribution in [-0.4, -0.2) is 54.4 Å². The summed E-state index contributed by atoms with van der Waals surface area (Å²) in [7, 11) is 0. The van der Waals surface area contributed by atoms with Crippen LogP contribution < -0.4 is 21.3 Å². The van der Waals surface area contributed by atoms with Gasteiger partial charge in [-0.3, -0.25) is 9.59 Å². The summed E-state index contributed by atoms with van der Waals surface area (Å²) in [4.78, 5) is 36.0. The number of carboxylic acids is 2. The molecule has 6 N–H and O–H groups in total. The van der Waals surface area contributed by atoms with E-state index in [4.69, 9.17) is 0 Å². The Hall–Kier alpha value is -3.43. The fraction of sp³-hybridized carbons (Fsp3) is 0.400. The van der Waals surface area contributed by atoms with Gasteiger partial charge in [-0.05, 0) is 61.3 Å². The van der Waals surface area contributed by atoms with Gasteiger partial charge in [-0.25, -0.2) is 4.79 Å². The molecule has 4 unspecified atom stereocenters. The Morgan fingerprint density at radius 1 is 0.735 bits per heavy atom. The van der Waals surface area contributed by atoms with E-state index < -0.39 is 29.8 Å². The van der Waals surface area contributed by atoms with Crippen LogP contribution in [-0.2, 0) is 9.59 Å². The molecule has 0 saturated carbocycles. The van der Waals surface area contributed by atoms with E-state index in [1.54, 1.807) is 24.3 Å². The fourth-order valence-corrected chi connectivity index (χ4v) is 5.00. The summed E-state index contributed by atoms with van der Waals surface area (Å²) in [5.74, 6) is -2.87. The Bertz CT molecular complexity index is 978. The highest BCUT2D eigenvalue weighted by atomic mass is 16.4. The zero-order chi connectivity index (χ0) is 24.1. The zero-order valence-corrected chi connectivity index (χ0v) is 18.8. The molecule has 4 rings (SSSR count). The number of carboxylic acid groups (broad SMARTS) is 2. The molecule has 4 atom stereocenters. The van der Waals surface area contributed by atoms with Crippen LogP contribution in [0.3, 0.4) is 0 Å². The van der Waals surface area contributed by atoms with Gasteiger partial charge >= 0.3 is 18.0 Å². The third-order valence-corrected chi connectivity index (χ3v) is 6.74. The van der Waals surface area contributed by atoms with Crippen LogP contribution in [0.2, 0.25) is 0 Å². The van der Waals surface area contributed by atoms with Crippen LogP contribution in [0.4, 0.5) is 16.2 Å². The van der Waals surface area contributed by atoms with Crippen molar-refractivity contribution in [1.82, 2.24) is 10.6 Å². The standard InChI is InChI=1S/C25H30N4O5/c30-23(31)19-7-9-26-13-21(19)15-3-1-5-17(11-15)28-25(34)29-18-6-2-4-16(12-18)22-14-27-10-8-20(22)24(32)33/h1-6,11-12,19-22,26-27H,7-10,13-14H2,(H,30,31)(H,32,33)(H2,28,29,34). The Balaban J connectivity index is 1.43. The van der Waals surface area contributed by atoms with Crippen molar-refractivity contribution in [2.45, 2.75) is 24.7 Å². The largest absolute Gasteiger partial charge is 0.481 e. The quantitative estimate of drug-likeness (QED) is 0.385. The normalized spacial score (nSPS) is 24.7. The van der Waals surface area contributed by atoms with Crippen LogP contribution in [0.25, 0.3) is 0 Å². The summed E-state index contributed by atoms with van der Waals surface area (Å²) in [6.07, 6.45) is 1.13. The average molecular weight is 467 g/mol. The van der Waals surface area contributed by atoms with Gasteiger partial charge in [0.1, 0.15) is 0 Å². The average Bonchev–Trinajstić information content (AvgIpc) is 2.84. The highest BCUT2D eigenvalue weighted by molar-refractivity contribution is 5.99. The number of anilines is 2. The number of carbonyl (C=O) groups is 3. The van der Waals surface area contributed by atoms with Crippen molar-refractivity contribution < 1.29 is 24.6 Å². The number of aliphatic carboxylic acids is 2. The van der Waals surface area contributed by atoms with Crippen molar-refractivity contribution in [2.24, 2.45) is 11.8 Å². The maximum Gasteiger partial charge on any atom is 0.323 e. The van der Waals surface area contributed by atoms with Gasteiger partial charge in [0.2, 0.25) is 0 Å². The first-order valence-electron chi connectivity index (χ1n) is 11.6. The van der Waals surface area contributed by atoms with Gasteiger partial charge in [0.25, 0.3) is 0 Å². The molecular weight excluding hydrogens is 436 g/mol. The van der Waals surface area contributed by atoms with Crippen LogP contribution in [0.15, 0.2) is 48.5 Å². The first kappa shape index (κ1) is 23.7. The molecule has 0 bridgehead atoms. The Kier molecular flexibility index (Phi) is 7.44. The summed E-state index contributed by atoms with van der Waals surface area (Å²) in [5, 5.41) is 31.3. The highest BCUT2D eigenvalue weighted by Crippen LogP contribution is 2.32. The lowest BCUT2D eigenvalue weighted by atomic mass is 9.81. The predicted molar refractivity (Wildman–Crippen MR) is 128 cm³/mol. The van der Waals surface area contributed by atoms with Crippen molar-refractivity contribution >= 4 is 29.3 Å². The Labute approximate surface area is 197 Å². The topological polar surface area (TPSA) is 140 Å². The van der Waals surface area contributed by atoms with E-state index in [-0.39, 0.29) is 11.8 Å². The predicted octanol–water partition coefficient (Wildman–Crippen LogP) is 2.89. The third kappa shape index (κ3) is 5.55. The maximum atomic E-state index is 12.7. The molecule has 9 nitrogen and oxygen atoms in total. The number of nitrogens with one attached hydrogen (secondary N) is 4. The van der Waals surface area contributed by atoms with Crippen LogP contribution >= 0.6 is 0 Å². The smallest absolute Gasteiger partial charge is 0.323 e. The SMILES string of the molecule is O=C(Nc1cccc(C2CNCCC2C(=O)O)c1)Nc1cccc(C2CNCCC2C(=O)O)c1. The minimum atomic E-state index is -0.805. The molecule has 2 aliphatic rings. The molecule has 0 radical (unpaired) electrons. The molecule has 2 aliphatic heterocycles. The van der Waals surface area contributed by atoms with E-state index in [1.165, 1.54) is 0 Å². The second-order valence-electron chi connectivity index (χ2n) is 8.92. The molecule has 2 amide bonds. The molecule has 2 heterocycles. The lowest BCUT2D eigenvalue weighted by Crippen LogP contribution is -2.38. The number of benzene rings is 2. The van der Waals surface area contributed by atoms with E-state index in [2.05, 4.69) is 21.3 Å². The number of hydrogen-bond acceptors (Lipinski definition) is 5. The first-order chi connectivity index (χ1) is 16.4. The van der Waals surface area contributed by atoms with Crippen molar-refractivity contribution in [3.8, 4) is 0 Å². The molecular formula is C25H30N4O5. The zero-order valence-electron chi connectivity index (χ0n) is 18.8. The van der Waals surface area contributed by atoms with Gasteiger partial charge < -0.3 is 31.5 Å². The summed E-state index contributed by atoms with van der Waals surface area (Å²) in [6, 6.07) is 14.1. The van der Waals surface area contributed by atoms with Gasteiger partial charge in [0.15, 0.2) is 0 Å². The molecule has 2 aromatic rings. The van der Waals surface area contributed by atoms with Gasteiger partial charge in [-0.2, -0.15) is 0 Å². The highest BCUT2D eigenvalue weighted by Gasteiger charge is 2.33. The summed E-state index contributed by atoms with van der Waals surface area (Å²) < 4.78 is 0. The lowest BCUT2D eigenvalue weighted by molar-refractivity contribution is -0.144. The number of amides is 2. The molecule has 2 fully saturated rings. The van der Waals surface area contributed by atoms with Gasteiger partial charge in [-0.15, -0.1) is 0 Å². The molecule has 180 valence electrons. The second kappa shape index (κ2) is 10.7. The molecule has 2 aromatic carbocycles. The van der Waals surface area contributed by atoms with E-state index >= 15 is 0 Å². The molecule has 9 heteroatoms.